The molecule has 2 aliphatic carbocycles. The van der Waals surface area contributed by atoms with Gasteiger partial charge in [0.05, 0.1) is 0 Å². The fourth-order valence-electron chi connectivity index (χ4n) is 2.16. The molecule has 0 aromatic carbocycles. The standard InChI is InChI=1S/2C10H15.C2H7Si.2ClH.Zr/c2*1-8-5-6-9(7-8)10(2,3)4;1-3-2;;;/h2*7H,6H2,1-4H3;3H,1-2H3;2*1H;/q2*-1;;;;+2. The molecule has 0 bridgehead atoms. The first kappa shape index (κ1) is 34.2. The Labute approximate surface area is 198 Å². The molecule has 0 aromatic rings. The van der Waals surface area contributed by atoms with Gasteiger partial charge in [0.1, 0.15) is 0 Å². The largest absolute Gasteiger partial charge is 2.00 e. The molecule has 2 aliphatic rings. The van der Waals surface area contributed by atoms with Gasteiger partial charge in [-0.1, -0.05) is 68.5 Å². The van der Waals surface area contributed by atoms with Gasteiger partial charge in [0.15, 0.2) is 0 Å². The maximum Gasteiger partial charge on any atom is 2.00 e. The van der Waals surface area contributed by atoms with Crippen molar-refractivity contribution in [2.45, 2.75) is 81.3 Å². The SMILES string of the molecule is CC1=[C-]CC(C(C)(C)C)=C1.CC1=[C-]CC(C(C)(C)C)=C1.C[SiH]C.Cl.Cl.[Zr+2]. The zero-order valence-electron chi connectivity index (χ0n) is 18.5. The molecule has 0 atom stereocenters. The van der Waals surface area contributed by atoms with Crippen LogP contribution in [0.15, 0.2) is 34.4 Å². The molecule has 2 rings (SSSR count). The van der Waals surface area contributed by atoms with Gasteiger partial charge in [-0.15, -0.1) is 37.7 Å². The summed E-state index contributed by atoms with van der Waals surface area (Å²) in [6, 6.07) is 0. The van der Waals surface area contributed by atoms with Crippen LogP contribution in [0.2, 0.25) is 13.1 Å². The van der Waals surface area contributed by atoms with Gasteiger partial charge in [0.2, 0.25) is 0 Å². The first-order chi connectivity index (χ1) is 10.4. The van der Waals surface area contributed by atoms with Crippen LogP contribution in [0.1, 0.15) is 68.2 Å². The van der Waals surface area contributed by atoms with E-state index in [4.69, 9.17) is 0 Å². The molecule has 0 unspecified atom stereocenters. The van der Waals surface area contributed by atoms with Crippen LogP contribution in [0.3, 0.4) is 0 Å². The van der Waals surface area contributed by atoms with Gasteiger partial charge in [0, 0.05) is 9.52 Å². The van der Waals surface area contributed by atoms with Gasteiger partial charge in [-0.25, -0.2) is 23.3 Å². The Balaban J connectivity index is -0.000000147. The molecule has 0 aliphatic heterocycles. The van der Waals surface area contributed by atoms with Gasteiger partial charge in [-0.2, -0.15) is 11.1 Å². The maximum atomic E-state index is 3.30. The number of hydrogen-bond acceptors (Lipinski definition) is 0. The van der Waals surface area contributed by atoms with Crippen LogP contribution in [0.5, 0.6) is 0 Å². The molecule has 1 radical (unpaired) electrons. The predicted octanol–water partition coefficient (Wildman–Crippen LogP) is 7.58. The average Bonchev–Trinajstić information content (AvgIpc) is 2.98. The van der Waals surface area contributed by atoms with Crippen LogP contribution in [-0.4, -0.2) is 9.52 Å². The van der Waals surface area contributed by atoms with Crippen LogP contribution in [0.4, 0.5) is 0 Å². The predicted molar refractivity (Wildman–Crippen MR) is 123 cm³/mol. The molecule has 4 heteroatoms. The first-order valence-corrected chi connectivity index (χ1v) is 11.0. The molecule has 0 spiro atoms. The summed E-state index contributed by atoms with van der Waals surface area (Å²) in [4.78, 5) is 0. The van der Waals surface area contributed by atoms with Gasteiger partial charge in [0.25, 0.3) is 0 Å². The fraction of sp³-hybridized carbons (Fsp3) is 0.636. The number of allylic oxidation sites excluding steroid dienone is 8. The summed E-state index contributed by atoms with van der Waals surface area (Å²) in [7, 11) is 0.750. The Kier molecular flexibility index (Phi) is 20.4. The van der Waals surface area contributed by atoms with Crippen molar-refractivity contribution < 1.29 is 26.2 Å². The van der Waals surface area contributed by atoms with Crippen molar-refractivity contribution in [2.75, 3.05) is 0 Å². The van der Waals surface area contributed by atoms with Crippen LogP contribution < -0.4 is 0 Å². The Morgan fingerprint density at radius 3 is 1.04 bits per heavy atom. The molecule has 0 heterocycles. The summed E-state index contributed by atoms with van der Waals surface area (Å²) < 4.78 is 0. The number of halogens is 2. The van der Waals surface area contributed by atoms with Crippen molar-refractivity contribution in [1.82, 2.24) is 0 Å². The third kappa shape index (κ3) is 14.7. The molecule has 0 N–H and O–H groups in total. The number of rotatable bonds is 0. The van der Waals surface area contributed by atoms with E-state index in [1.54, 1.807) is 0 Å². The van der Waals surface area contributed by atoms with E-state index in [2.05, 4.69) is 92.8 Å². The molecule has 0 saturated heterocycles. The third-order valence-electron chi connectivity index (χ3n) is 3.82. The van der Waals surface area contributed by atoms with E-state index in [0.29, 0.717) is 10.8 Å². The van der Waals surface area contributed by atoms with Crippen molar-refractivity contribution in [3.05, 3.63) is 46.6 Å². The van der Waals surface area contributed by atoms with E-state index < -0.39 is 0 Å². The zero-order chi connectivity index (χ0) is 18.3. The summed E-state index contributed by atoms with van der Waals surface area (Å²) in [6.45, 7) is 22.1. The summed E-state index contributed by atoms with van der Waals surface area (Å²) in [5, 5.41) is 0. The fourth-order valence-corrected chi connectivity index (χ4v) is 2.16. The quantitative estimate of drug-likeness (QED) is 0.241. The van der Waals surface area contributed by atoms with E-state index in [0.717, 1.165) is 22.4 Å². The van der Waals surface area contributed by atoms with Crippen molar-refractivity contribution >= 4 is 34.3 Å². The van der Waals surface area contributed by atoms with Crippen molar-refractivity contribution in [1.29, 1.82) is 0 Å². The summed E-state index contributed by atoms with van der Waals surface area (Å²) in [5.74, 6) is 0. The van der Waals surface area contributed by atoms with Crippen molar-refractivity contribution in [3.63, 3.8) is 0 Å². The molecular weight excluding hydrogens is 454 g/mol. The maximum absolute atomic E-state index is 3.30. The van der Waals surface area contributed by atoms with Gasteiger partial charge in [-0.3, -0.25) is 12.2 Å². The van der Waals surface area contributed by atoms with E-state index in [9.17, 15) is 0 Å². The zero-order valence-corrected chi connectivity index (χ0v) is 23.7. The second-order valence-electron chi connectivity index (χ2n) is 8.49. The van der Waals surface area contributed by atoms with Crippen LogP contribution in [0, 0.1) is 23.0 Å². The topological polar surface area (TPSA) is 0 Å². The van der Waals surface area contributed by atoms with Gasteiger partial charge in [-0.05, 0) is 10.8 Å². The Hall–Kier alpha value is 0.640. The van der Waals surface area contributed by atoms with Crippen molar-refractivity contribution in [2.24, 2.45) is 10.8 Å². The molecule has 0 aromatic heterocycles. The minimum absolute atomic E-state index is 0. The van der Waals surface area contributed by atoms with E-state index in [-0.39, 0.29) is 51.0 Å². The van der Waals surface area contributed by atoms with E-state index in [1.807, 2.05) is 0 Å². The summed E-state index contributed by atoms with van der Waals surface area (Å²) >= 11 is 0. The molecular formula is C22H39Cl2SiZr. The molecule has 149 valence electrons. The van der Waals surface area contributed by atoms with E-state index in [1.165, 1.54) is 22.3 Å². The Morgan fingerprint density at radius 2 is 0.962 bits per heavy atom. The molecule has 0 nitrogen and oxygen atoms in total. The summed E-state index contributed by atoms with van der Waals surface area (Å²) in [6.07, 6.45) is 13.2. The molecule has 0 amide bonds. The normalized spacial score (nSPS) is 15.2. The second kappa shape index (κ2) is 15.5. The van der Waals surface area contributed by atoms with Crippen molar-refractivity contribution in [3.8, 4) is 0 Å². The molecule has 26 heavy (non-hydrogen) atoms. The van der Waals surface area contributed by atoms with Crippen LogP contribution in [0.25, 0.3) is 0 Å². The summed E-state index contributed by atoms with van der Waals surface area (Å²) in [5.41, 5.74) is 6.28. The first-order valence-electron chi connectivity index (χ1n) is 8.72. The van der Waals surface area contributed by atoms with Crippen LogP contribution >= 0.6 is 24.8 Å². The van der Waals surface area contributed by atoms with Crippen LogP contribution in [-0.2, 0) is 26.2 Å². The minimum Gasteiger partial charge on any atom is -0.269 e. The molecule has 0 fully saturated rings. The minimum atomic E-state index is 0. The smallest absolute Gasteiger partial charge is 0.269 e. The van der Waals surface area contributed by atoms with E-state index >= 15 is 0 Å². The van der Waals surface area contributed by atoms with Gasteiger partial charge < -0.3 is 0 Å². The second-order valence-corrected chi connectivity index (χ2v) is 9.64. The third-order valence-corrected chi connectivity index (χ3v) is 3.82. The molecule has 0 saturated carbocycles. The Morgan fingerprint density at radius 1 is 0.731 bits per heavy atom. The van der Waals surface area contributed by atoms with Gasteiger partial charge >= 0.3 is 26.2 Å². The average molecular weight is 494 g/mol. The monoisotopic (exact) mass is 491 g/mol. The number of hydrogen-bond donors (Lipinski definition) is 0. The Bertz CT molecular complexity index is 455.